The number of hydrogen-bond donors (Lipinski definition) is 0. The third-order valence-corrected chi connectivity index (χ3v) is 6.51. The summed E-state index contributed by atoms with van der Waals surface area (Å²) in [6, 6.07) is 1.77. The normalized spacial score (nSPS) is 13.2. The van der Waals surface area contributed by atoms with Crippen LogP contribution in [0, 0.1) is 0 Å². The summed E-state index contributed by atoms with van der Waals surface area (Å²) in [5.41, 5.74) is 0. The van der Waals surface area contributed by atoms with Gasteiger partial charge in [0.2, 0.25) is 9.05 Å². The largest absolute Gasteiger partial charge is 0.242 e. The second-order valence-electron chi connectivity index (χ2n) is 3.08. The summed E-state index contributed by atoms with van der Waals surface area (Å²) in [4.78, 5) is 0.731. The van der Waals surface area contributed by atoms with Crippen molar-refractivity contribution in [1.29, 1.82) is 0 Å². The molecule has 0 aromatic carbocycles. The number of thiophene rings is 1. The van der Waals surface area contributed by atoms with Crippen LogP contribution in [-0.4, -0.2) is 8.42 Å². The molecule has 0 aliphatic heterocycles. The first-order valence-corrected chi connectivity index (χ1v) is 7.42. The molecular weight excluding hydrogens is 296 g/mol. The van der Waals surface area contributed by atoms with Crippen LogP contribution in [0.5, 0.6) is 0 Å². The lowest BCUT2D eigenvalue weighted by molar-refractivity contribution is 0.573. The molecule has 0 N–H and O–H groups in total. The minimum absolute atomic E-state index is 0.731. The van der Waals surface area contributed by atoms with Crippen LogP contribution in [0.3, 0.4) is 0 Å². The highest BCUT2D eigenvalue weighted by Crippen LogP contribution is 2.37. The Morgan fingerprint density at radius 2 is 2.08 bits per heavy atom. The molecule has 0 spiro atoms. The minimum Gasteiger partial charge on any atom is -0.211 e. The summed E-state index contributed by atoms with van der Waals surface area (Å²) in [6.45, 7) is 3.18. The Labute approximate surface area is 94.5 Å². The van der Waals surface area contributed by atoms with E-state index in [-0.39, 0.29) is 0 Å². The minimum atomic E-state index is -3.58. The van der Waals surface area contributed by atoms with Gasteiger partial charge in [-0.15, -0.1) is 11.3 Å². The van der Waals surface area contributed by atoms with E-state index < -0.39 is 13.8 Å². The fourth-order valence-electron chi connectivity index (χ4n) is 0.749. The molecule has 1 aromatic rings. The standard InChI is InChI=1S/C7H8BrClO2S2/c1-7(2,13(9,10)11)6-3-5(8)4-12-6/h3-4H,1-2H3. The van der Waals surface area contributed by atoms with Crippen LogP contribution in [0.4, 0.5) is 0 Å². The Morgan fingerprint density at radius 3 is 2.38 bits per heavy atom. The van der Waals surface area contributed by atoms with E-state index >= 15 is 0 Å². The lowest BCUT2D eigenvalue weighted by atomic mass is 10.2. The maximum absolute atomic E-state index is 11.2. The highest BCUT2D eigenvalue weighted by Gasteiger charge is 2.35. The highest BCUT2D eigenvalue weighted by molar-refractivity contribution is 9.10. The van der Waals surface area contributed by atoms with Gasteiger partial charge in [0.15, 0.2) is 0 Å². The average Bonchev–Trinajstić information content (AvgIpc) is 2.33. The van der Waals surface area contributed by atoms with Gasteiger partial charge in [0.1, 0.15) is 4.75 Å². The summed E-state index contributed by atoms with van der Waals surface area (Å²) in [7, 11) is 1.75. The molecule has 1 heterocycles. The molecule has 1 aromatic heterocycles. The monoisotopic (exact) mass is 302 g/mol. The number of hydrogen-bond acceptors (Lipinski definition) is 3. The van der Waals surface area contributed by atoms with Gasteiger partial charge in [-0.2, -0.15) is 0 Å². The van der Waals surface area contributed by atoms with Crippen molar-refractivity contribution in [3.05, 3.63) is 20.8 Å². The summed E-state index contributed by atoms with van der Waals surface area (Å²) >= 11 is 4.64. The Bertz CT molecular complexity index is 408. The molecule has 0 radical (unpaired) electrons. The molecule has 0 bridgehead atoms. The first-order chi connectivity index (χ1) is 5.75. The molecule has 6 heteroatoms. The lowest BCUT2D eigenvalue weighted by Gasteiger charge is -2.18. The van der Waals surface area contributed by atoms with Crippen LogP contribution >= 0.6 is 37.9 Å². The fourth-order valence-corrected chi connectivity index (χ4v) is 3.36. The van der Waals surface area contributed by atoms with Crippen molar-refractivity contribution in [3.8, 4) is 0 Å². The van der Waals surface area contributed by atoms with Crippen molar-refractivity contribution in [1.82, 2.24) is 0 Å². The summed E-state index contributed by atoms with van der Waals surface area (Å²) in [5.74, 6) is 0. The van der Waals surface area contributed by atoms with Gasteiger partial charge in [-0.25, -0.2) is 8.42 Å². The molecule has 0 saturated carbocycles. The van der Waals surface area contributed by atoms with Gasteiger partial charge < -0.3 is 0 Å². The maximum Gasteiger partial charge on any atom is 0.242 e. The Morgan fingerprint density at radius 1 is 1.54 bits per heavy atom. The van der Waals surface area contributed by atoms with Gasteiger partial charge in [0.25, 0.3) is 0 Å². The van der Waals surface area contributed by atoms with Gasteiger partial charge in [0, 0.05) is 25.4 Å². The number of rotatable bonds is 2. The molecule has 13 heavy (non-hydrogen) atoms. The zero-order valence-corrected chi connectivity index (χ0v) is 11.0. The molecule has 1 rings (SSSR count). The van der Waals surface area contributed by atoms with Crippen molar-refractivity contribution >= 4 is 47.0 Å². The van der Waals surface area contributed by atoms with Gasteiger partial charge in [0.05, 0.1) is 0 Å². The van der Waals surface area contributed by atoms with Gasteiger partial charge >= 0.3 is 0 Å². The van der Waals surface area contributed by atoms with Crippen LogP contribution < -0.4 is 0 Å². The first-order valence-electron chi connectivity index (χ1n) is 3.44. The molecule has 0 atom stereocenters. The summed E-state index contributed by atoms with van der Waals surface area (Å²) in [6.07, 6.45) is 0. The average molecular weight is 304 g/mol. The Balaban J connectivity index is 3.23. The Kier molecular flexibility index (Phi) is 3.12. The molecule has 0 aliphatic rings. The predicted molar refractivity (Wildman–Crippen MR) is 59.8 cm³/mol. The molecule has 0 unspecified atom stereocenters. The van der Waals surface area contributed by atoms with E-state index in [1.165, 1.54) is 11.3 Å². The molecule has 74 valence electrons. The van der Waals surface area contributed by atoms with Crippen LogP contribution in [0.25, 0.3) is 0 Å². The van der Waals surface area contributed by atoms with E-state index in [1.807, 2.05) is 5.38 Å². The second-order valence-corrected chi connectivity index (χ2v) is 8.02. The number of halogens is 2. The predicted octanol–water partition coefficient (Wildman–Crippen LogP) is 3.31. The SMILES string of the molecule is CC(C)(c1cc(Br)cs1)S(=O)(=O)Cl. The van der Waals surface area contributed by atoms with E-state index in [9.17, 15) is 8.42 Å². The zero-order valence-electron chi connectivity index (χ0n) is 7.04. The van der Waals surface area contributed by atoms with Crippen molar-refractivity contribution in [3.63, 3.8) is 0 Å². The van der Waals surface area contributed by atoms with Crippen molar-refractivity contribution in [2.24, 2.45) is 0 Å². The van der Waals surface area contributed by atoms with E-state index in [4.69, 9.17) is 10.7 Å². The lowest BCUT2D eigenvalue weighted by Crippen LogP contribution is -2.23. The molecule has 0 fully saturated rings. The third-order valence-electron chi connectivity index (χ3n) is 1.77. The summed E-state index contributed by atoms with van der Waals surface area (Å²) in [5, 5.41) is 1.83. The molecule has 0 amide bonds. The van der Waals surface area contributed by atoms with Crippen LogP contribution in [-0.2, 0) is 13.8 Å². The zero-order chi connectivity index (χ0) is 10.3. The van der Waals surface area contributed by atoms with Crippen molar-refractivity contribution < 1.29 is 8.42 Å². The third kappa shape index (κ3) is 2.26. The summed E-state index contributed by atoms with van der Waals surface area (Å²) < 4.78 is 22.3. The molecule has 0 aliphatic carbocycles. The van der Waals surface area contributed by atoms with Gasteiger partial charge in [-0.05, 0) is 35.8 Å². The van der Waals surface area contributed by atoms with Crippen molar-refractivity contribution in [2.45, 2.75) is 18.6 Å². The fraction of sp³-hybridized carbons (Fsp3) is 0.429. The highest BCUT2D eigenvalue weighted by atomic mass is 79.9. The first kappa shape index (κ1) is 11.5. The quantitative estimate of drug-likeness (QED) is 0.786. The van der Waals surface area contributed by atoms with Crippen LogP contribution in [0.1, 0.15) is 18.7 Å². The molecule has 0 saturated heterocycles. The Hall–Kier alpha value is 0.420. The van der Waals surface area contributed by atoms with Gasteiger partial charge in [-0.1, -0.05) is 0 Å². The van der Waals surface area contributed by atoms with Gasteiger partial charge in [-0.3, -0.25) is 0 Å². The second kappa shape index (κ2) is 3.53. The van der Waals surface area contributed by atoms with Crippen LogP contribution in [0.15, 0.2) is 15.9 Å². The topological polar surface area (TPSA) is 34.1 Å². The van der Waals surface area contributed by atoms with Crippen molar-refractivity contribution in [2.75, 3.05) is 0 Å². The van der Waals surface area contributed by atoms with E-state index in [1.54, 1.807) is 19.9 Å². The molecule has 2 nitrogen and oxygen atoms in total. The maximum atomic E-state index is 11.2. The van der Waals surface area contributed by atoms with E-state index in [0.29, 0.717) is 0 Å². The van der Waals surface area contributed by atoms with E-state index in [2.05, 4.69) is 15.9 Å². The molecular formula is C7H8BrClO2S2. The van der Waals surface area contributed by atoms with Crippen LogP contribution in [0.2, 0.25) is 0 Å². The van der Waals surface area contributed by atoms with E-state index in [0.717, 1.165) is 9.35 Å². The smallest absolute Gasteiger partial charge is 0.211 e.